The normalized spacial score (nSPS) is 22.3. The van der Waals surface area contributed by atoms with Crippen LogP contribution in [0.3, 0.4) is 0 Å². The predicted octanol–water partition coefficient (Wildman–Crippen LogP) is 1.86. The Morgan fingerprint density at radius 1 is 1.27 bits per heavy atom. The fraction of sp³-hybridized carbons (Fsp3) is 0.500. The lowest BCUT2D eigenvalue weighted by molar-refractivity contribution is -0.143. The SMILES string of the molecule is Cc1cc(N2CCC(C(=O)N3CCOCC3)C2=O)ccc1Cl. The van der Waals surface area contributed by atoms with Gasteiger partial charge in [-0.1, -0.05) is 11.6 Å². The van der Waals surface area contributed by atoms with E-state index in [2.05, 4.69) is 0 Å². The second kappa shape index (κ2) is 6.26. The van der Waals surface area contributed by atoms with Crippen molar-refractivity contribution < 1.29 is 14.3 Å². The van der Waals surface area contributed by atoms with Crippen LogP contribution in [0.15, 0.2) is 18.2 Å². The van der Waals surface area contributed by atoms with Crippen LogP contribution >= 0.6 is 11.6 Å². The van der Waals surface area contributed by atoms with Crippen molar-refractivity contribution in [2.45, 2.75) is 13.3 Å². The summed E-state index contributed by atoms with van der Waals surface area (Å²) in [5.41, 5.74) is 1.74. The summed E-state index contributed by atoms with van der Waals surface area (Å²) < 4.78 is 5.25. The maximum Gasteiger partial charge on any atom is 0.239 e. The zero-order valence-corrected chi connectivity index (χ0v) is 13.3. The molecule has 6 heteroatoms. The van der Waals surface area contributed by atoms with Crippen molar-refractivity contribution in [1.82, 2.24) is 4.90 Å². The number of hydrogen-bond acceptors (Lipinski definition) is 3. The largest absolute Gasteiger partial charge is 0.378 e. The molecular formula is C16H19ClN2O3. The van der Waals surface area contributed by atoms with E-state index < -0.39 is 5.92 Å². The molecule has 3 rings (SSSR count). The first-order valence-corrected chi connectivity index (χ1v) is 7.90. The molecule has 1 aromatic carbocycles. The average molecular weight is 323 g/mol. The van der Waals surface area contributed by atoms with Crippen LogP contribution in [0, 0.1) is 12.8 Å². The molecule has 5 nitrogen and oxygen atoms in total. The van der Waals surface area contributed by atoms with Crippen LogP contribution in [0.25, 0.3) is 0 Å². The Bertz CT molecular complexity index is 599. The smallest absolute Gasteiger partial charge is 0.239 e. The molecular weight excluding hydrogens is 304 g/mol. The first-order valence-electron chi connectivity index (χ1n) is 7.52. The number of carbonyl (C=O) groups is 2. The molecule has 0 radical (unpaired) electrons. The fourth-order valence-electron chi connectivity index (χ4n) is 2.97. The Morgan fingerprint density at radius 2 is 2.00 bits per heavy atom. The molecule has 1 aromatic rings. The van der Waals surface area contributed by atoms with Gasteiger partial charge in [-0.2, -0.15) is 0 Å². The minimum Gasteiger partial charge on any atom is -0.378 e. The topological polar surface area (TPSA) is 49.9 Å². The number of aryl methyl sites for hydroxylation is 1. The molecule has 2 saturated heterocycles. The lowest BCUT2D eigenvalue weighted by Crippen LogP contribution is -2.45. The summed E-state index contributed by atoms with van der Waals surface area (Å²) in [6.07, 6.45) is 0.566. The van der Waals surface area contributed by atoms with Gasteiger partial charge in [-0.15, -0.1) is 0 Å². The molecule has 0 saturated carbocycles. The Balaban J connectivity index is 1.73. The van der Waals surface area contributed by atoms with Crippen LogP contribution in [0.1, 0.15) is 12.0 Å². The third kappa shape index (κ3) is 2.83. The average Bonchev–Trinajstić information content (AvgIpc) is 2.92. The molecule has 1 atom stereocenters. The summed E-state index contributed by atoms with van der Waals surface area (Å²) in [5, 5.41) is 0.677. The molecule has 118 valence electrons. The standard InChI is InChI=1S/C16H19ClN2O3/c1-11-10-12(2-3-14(11)17)19-5-4-13(16(19)21)15(20)18-6-8-22-9-7-18/h2-3,10,13H,4-9H2,1H3. The number of carbonyl (C=O) groups excluding carboxylic acids is 2. The Morgan fingerprint density at radius 3 is 2.68 bits per heavy atom. The first-order chi connectivity index (χ1) is 10.6. The van der Waals surface area contributed by atoms with Crippen LogP contribution < -0.4 is 4.90 Å². The number of rotatable bonds is 2. The molecule has 0 aromatic heterocycles. The highest BCUT2D eigenvalue weighted by Crippen LogP contribution is 2.29. The van der Waals surface area contributed by atoms with Gasteiger partial charge in [-0.3, -0.25) is 9.59 Å². The molecule has 0 N–H and O–H groups in total. The fourth-order valence-corrected chi connectivity index (χ4v) is 3.08. The monoisotopic (exact) mass is 322 g/mol. The van der Waals surface area contributed by atoms with Gasteiger partial charge in [0.15, 0.2) is 0 Å². The molecule has 2 aliphatic heterocycles. The molecule has 0 bridgehead atoms. The van der Waals surface area contributed by atoms with E-state index in [9.17, 15) is 9.59 Å². The number of amides is 2. The lowest BCUT2D eigenvalue weighted by Gasteiger charge is -2.28. The first kappa shape index (κ1) is 15.3. The maximum atomic E-state index is 12.6. The number of halogens is 1. The van der Waals surface area contributed by atoms with Crippen LogP contribution in [-0.2, 0) is 14.3 Å². The maximum absolute atomic E-state index is 12.6. The van der Waals surface area contributed by atoms with Crippen molar-refractivity contribution in [3.63, 3.8) is 0 Å². The molecule has 2 amide bonds. The van der Waals surface area contributed by atoms with Gasteiger partial charge in [0.05, 0.1) is 13.2 Å². The van der Waals surface area contributed by atoms with Crippen molar-refractivity contribution in [2.75, 3.05) is 37.7 Å². The van der Waals surface area contributed by atoms with Crippen molar-refractivity contribution in [3.8, 4) is 0 Å². The van der Waals surface area contributed by atoms with E-state index in [1.807, 2.05) is 19.1 Å². The second-order valence-electron chi connectivity index (χ2n) is 5.70. The number of morpholine rings is 1. The predicted molar refractivity (Wildman–Crippen MR) is 84.0 cm³/mol. The summed E-state index contributed by atoms with van der Waals surface area (Å²) in [7, 11) is 0. The summed E-state index contributed by atoms with van der Waals surface area (Å²) >= 11 is 6.03. The lowest BCUT2D eigenvalue weighted by atomic mass is 10.1. The van der Waals surface area contributed by atoms with E-state index in [0.29, 0.717) is 44.3 Å². The highest BCUT2D eigenvalue weighted by atomic mass is 35.5. The number of hydrogen-bond donors (Lipinski definition) is 0. The Kier molecular flexibility index (Phi) is 4.36. The van der Waals surface area contributed by atoms with Gasteiger partial charge in [-0.25, -0.2) is 0 Å². The second-order valence-corrected chi connectivity index (χ2v) is 6.11. The minimum absolute atomic E-state index is 0.0681. The van der Waals surface area contributed by atoms with Gasteiger partial charge in [0, 0.05) is 30.3 Å². The summed E-state index contributed by atoms with van der Waals surface area (Å²) in [6.45, 7) is 4.72. The number of benzene rings is 1. The van der Waals surface area contributed by atoms with E-state index >= 15 is 0 Å². The number of anilines is 1. The van der Waals surface area contributed by atoms with Gasteiger partial charge < -0.3 is 14.5 Å². The molecule has 0 aliphatic carbocycles. The van der Waals surface area contributed by atoms with Crippen LogP contribution in [0.4, 0.5) is 5.69 Å². The van der Waals surface area contributed by atoms with Gasteiger partial charge in [0.25, 0.3) is 0 Å². The van der Waals surface area contributed by atoms with Gasteiger partial charge in [0.1, 0.15) is 5.92 Å². The molecule has 1 unspecified atom stereocenters. The number of nitrogens with zero attached hydrogens (tertiary/aromatic N) is 2. The molecule has 2 heterocycles. The zero-order chi connectivity index (χ0) is 15.7. The van der Waals surface area contributed by atoms with Crippen molar-refractivity contribution in [2.24, 2.45) is 5.92 Å². The Hall–Kier alpha value is -1.59. The van der Waals surface area contributed by atoms with Crippen LogP contribution in [0.5, 0.6) is 0 Å². The van der Waals surface area contributed by atoms with Crippen molar-refractivity contribution in [3.05, 3.63) is 28.8 Å². The van der Waals surface area contributed by atoms with Gasteiger partial charge >= 0.3 is 0 Å². The van der Waals surface area contributed by atoms with Crippen molar-refractivity contribution in [1.29, 1.82) is 0 Å². The number of ether oxygens (including phenoxy) is 1. The minimum atomic E-state index is -0.561. The van der Waals surface area contributed by atoms with E-state index in [1.54, 1.807) is 15.9 Å². The third-order valence-corrected chi connectivity index (χ3v) is 4.70. The van der Waals surface area contributed by atoms with E-state index in [4.69, 9.17) is 16.3 Å². The summed E-state index contributed by atoms with van der Waals surface area (Å²) in [4.78, 5) is 28.5. The van der Waals surface area contributed by atoms with E-state index in [0.717, 1.165) is 11.3 Å². The quantitative estimate of drug-likeness (QED) is 0.781. The highest BCUT2D eigenvalue weighted by molar-refractivity contribution is 6.31. The van der Waals surface area contributed by atoms with E-state index in [-0.39, 0.29) is 11.8 Å². The third-order valence-electron chi connectivity index (χ3n) is 4.28. The summed E-state index contributed by atoms with van der Waals surface area (Å²) in [5.74, 6) is -0.742. The van der Waals surface area contributed by atoms with Crippen LogP contribution in [-0.4, -0.2) is 49.6 Å². The van der Waals surface area contributed by atoms with Gasteiger partial charge in [-0.05, 0) is 37.1 Å². The zero-order valence-electron chi connectivity index (χ0n) is 12.5. The summed E-state index contributed by atoms with van der Waals surface area (Å²) in [6, 6.07) is 5.51. The highest BCUT2D eigenvalue weighted by Gasteiger charge is 2.40. The van der Waals surface area contributed by atoms with E-state index in [1.165, 1.54) is 0 Å². The molecule has 22 heavy (non-hydrogen) atoms. The van der Waals surface area contributed by atoms with Crippen molar-refractivity contribution >= 4 is 29.1 Å². The molecule has 2 fully saturated rings. The molecule has 0 spiro atoms. The van der Waals surface area contributed by atoms with Gasteiger partial charge in [0.2, 0.25) is 11.8 Å². The van der Waals surface area contributed by atoms with Crippen LogP contribution in [0.2, 0.25) is 5.02 Å². The Labute approximate surface area is 134 Å². The molecule has 2 aliphatic rings.